The Balaban J connectivity index is 2.49. The highest BCUT2D eigenvalue weighted by molar-refractivity contribution is 5.94. The molecule has 0 bridgehead atoms. The van der Waals surface area contributed by atoms with E-state index in [1.165, 1.54) is 0 Å². The maximum absolute atomic E-state index is 11.9. The van der Waals surface area contributed by atoms with Crippen molar-refractivity contribution in [2.45, 2.75) is 26.4 Å². The van der Waals surface area contributed by atoms with Crippen molar-refractivity contribution in [3.63, 3.8) is 0 Å². The Bertz CT molecular complexity index is 399. The van der Waals surface area contributed by atoms with Crippen molar-refractivity contribution < 1.29 is 9.90 Å². The van der Waals surface area contributed by atoms with E-state index < -0.39 is 0 Å². The third-order valence-corrected chi connectivity index (χ3v) is 3.00. The van der Waals surface area contributed by atoms with Crippen LogP contribution in [-0.2, 0) is 0 Å². The van der Waals surface area contributed by atoms with Gasteiger partial charge in [0.25, 0.3) is 5.91 Å². The SMILES string of the molecule is C[C@H](CNC(=O)c1ccc(N(C)C)cc1)C[C@@H](C)O. The maximum atomic E-state index is 11.9. The Morgan fingerprint density at radius 1 is 1.26 bits per heavy atom. The van der Waals surface area contributed by atoms with E-state index in [4.69, 9.17) is 0 Å². The molecule has 2 atom stereocenters. The summed E-state index contributed by atoms with van der Waals surface area (Å²) in [6.45, 7) is 4.36. The maximum Gasteiger partial charge on any atom is 0.251 e. The van der Waals surface area contributed by atoms with E-state index in [1.54, 1.807) is 6.92 Å². The molecule has 0 aliphatic rings. The summed E-state index contributed by atoms with van der Waals surface area (Å²) < 4.78 is 0. The van der Waals surface area contributed by atoms with Gasteiger partial charge in [-0.2, -0.15) is 0 Å². The van der Waals surface area contributed by atoms with Gasteiger partial charge in [0, 0.05) is 31.9 Å². The molecule has 1 aromatic carbocycles. The number of amides is 1. The number of nitrogens with zero attached hydrogens (tertiary/aromatic N) is 1. The third-order valence-electron chi connectivity index (χ3n) is 3.00. The molecule has 0 fully saturated rings. The lowest BCUT2D eigenvalue weighted by Crippen LogP contribution is -2.29. The highest BCUT2D eigenvalue weighted by atomic mass is 16.3. The molecular weight excluding hydrogens is 240 g/mol. The van der Waals surface area contributed by atoms with Crippen LogP contribution in [0.2, 0.25) is 0 Å². The van der Waals surface area contributed by atoms with Crippen LogP contribution < -0.4 is 10.2 Å². The van der Waals surface area contributed by atoms with Crippen LogP contribution in [0.3, 0.4) is 0 Å². The summed E-state index contributed by atoms with van der Waals surface area (Å²) in [5.41, 5.74) is 1.73. The van der Waals surface area contributed by atoms with E-state index in [-0.39, 0.29) is 17.9 Å². The molecule has 0 radical (unpaired) electrons. The van der Waals surface area contributed by atoms with Gasteiger partial charge in [-0.15, -0.1) is 0 Å². The second-order valence-electron chi connectivity index (χ2n) is 5.34. The van der Waals surface area contributed by atoms with Crippen molar-refractivity contribution in [1.82, 2.24) is 5.32 Å². The molecule has 106 valence electrons. The monoisotopic (exact) mass is 264 g/mol. The largest absolute Gasteiger partial charge is 0.393 e. The fraction of sp³-hybridized carbons (Fsp3) is 0.533. The Morgan fingerprint density at radius 2 is 1.84 bits per heavy atom. The zero-order chi connectivity index (χ0) is 14.4. The molecule has 0 saturated heterocycles. The first-order chi connectivity index (χ1) is 8.90. The topological polar surface area (TPSA) is 52.6 Å². The van der Waals surface area contributed by atoms with E-state index in [0.29, 0.717) is 18.5 Å². The number of aliphatic hydroxyl groups excluding tert-OH is 1. The number of carbonyl (C=O) groups excluding carboxylic acids is 1. The van der Waals surface area contributed by atoms with E-state index in [9.17, 15) is 9.90 Å². The van der Waals surface area contributed by atoms with E-state index in [1.807, 2.05) is 50.2 Å². The van der Waals surface area contributed by atoms with Gasteiger partial charge in [-0.25, -0.2) is 0 Å². The van der Waals surface area contributed by atoms with Crippen LogP contribution in [-0.4, -0.2) is 37.8 Å². The quantitative estimate of drug-likeness (QED) is 0.825. The summed E-state index contributed by atoms with van der Waals surface area (Å²) in [4.78, 5) is 13.9. The number of anilines is 1. The molecule has 0 aromatic heterocycles. The van der Waals surface area contributed by atoms with Crippen LogP contribution in [0.1, 0.15) is 30.6 Å². The van der Waals surface area contributed by atoms with Crippen molar-refractivity contribution in [3.8, 4) is 0 Å². The lowest BCUT2D eigenvalue weighted by molar-refractivity contribution is 0.0939. The predicted molar refractivity (Wildman–Crippen MR) is 78.6 cm³/mol. The minimum absolute atomic E-state index is 0.0669. The summed E-state index contributed by atoms with van der Waals surface area (Å²) >= 11 is 0. The molecule has 0 aliphatic heterocycles. The van der Waals surface area contributed by atoms with E-state index >= 15 is 0 Å². The Morgan fingerprint density at radius 3 is 2.32 bits per heavy atom. The van der Waals surface area contributed by atoms with Crippen molar-refractivity contribution in [3.05, 3.63) is 29.8 Å². The van der Waals surface area contributed by atoms with Gasteiger partial charge in [-0.05, 0) is 43.5 Å². The Labute approximate surface area is 115 Å². The molecule has 4 nitrogen and oxygen atoms in total. The fourth-order valence-corrected chi connectivity index (χ4v) is 1.95. The molecule has 1 amide bonds. The molecule has 0 spiro atoms. The van der Waals surface area contributed by atoms with Gasteiger partial charge >= 0.3 is 0 Å². The van der Waals surface area contributed by atoms with Gasteiger partial charge in [-0.1, -0.05) is 6.92 Å². The van der Waals surface area contributed by atoms with Crippen molar-refractivity contribution in [2.24, 2.45) is 5.92 Å². The smallest absolute Gasteiger partial charge is 0.251 e. The van der Waals surface area contributed by atoms with Gasteiger partial charge in [0.2, 0.25) is 0 Å². The first-order valence-corrected chi connectivity index (χ1v) is 6.63. The zero-order valence-electron chi connectivity index (χ0n) is 12.2. The molecule has 0 unspecified atom stereocenters. The van der Waals surface area contributed by atoms with Gasteiger partial charge in [0.15, 0.2) is 0 Å². The van der Waals surface area contributed by atoms with Crippen molar-refractivity contribution in [1.29, 1.82) is 0 Å². The zero-order valence-corrected chi connectivity index (χ0v) is 12.2. The van der Waals surface area contributed by atoms with Crippen LogP contribution in [0.25, 0.3) is 0 Å². The number of nitrogens with one attached hydrogen (secondary N) is 1. The number of carbonyl (C=O) groups is 1. The average Bonchev–Trinajstić information content (AvgIpc) is 2.35. The predicted octanol–water partition coefficient (Wildman–Crippen LogP) is 1.89. The highest BCUT2D eigenvalue weighted by Crippen LogP contribution is 2.12. The van der Waals surface area contributed by atoms with Gasteiger partial charge in [0.1, 0.15) is 0 Å². The number of benzene rings is 1. The van der Waals surface area contributed by atoms with E-state index in [0.717, 1.165) is 5.69 Å². The lowest BCUT2D eigenvalue weighted by Gasteiger charge is -2.15. The average molecular weight is 264 g/mol. The first-order valence-electron chi connectivity index (χ1n) is 6.63. The second kappa shape index (κ2) is 7.14. The molecule has 0 saturated carbocycles. The van der Waals surface area contributed by atoms with Crippen LogP contribution in [0.5, 0.6) is 0 Å². The fourth-order valence-electron chi connectivity index (χ4n) is 1.95. The molecular formula is C15H24N2O2. The molecule has 0 heterocycles. The molecule has 1 rings (SSSR count). The molecule has 0 aliphatic carbocycles. The van der Waals surface area contributed by atoms with Crippen molar-refractivity contribution >= 4 is 11.6 Å². The number of hydrogen-bond donors (Lipinski definition) is 2. The minimum atomic E-state index is -0.328. The Kier molecular flexibility index (Phi) is 5.83. The van der Waals surface area contributed by atoms with Gasteiger partial charge in [-0.3, -0.25) is 4.79 Å². The molecule has 1 aromatic rings. The summed E-state index contributed by atoms with van der Waals surface area (Å²) in [6.07, 6.45) is 0.367. The highest BCUT2D eigenvalue weighted by Gasteiger charge is 2.10. The standard InChI is InChI=1S/C15H24N2O2/c1-11(9-12(2)18)10-16-15(19)13-5-7-14(8-6-13)17(3)4/h5-8,11-12,18H,9-10H2,1-4H3,(H,16,19)/t11-,12+/m0/s1. The molecule has 2 N–H and O–H groups in total. The normalized spacial score (nSPS) is 13.7. The van der Waals surface area contributed by atoms with E-state index in [2.05, 4.69) is 5.32 Å². The summed E-state index contributed by atoms with van der Waals surface area (Å²) in [7, 11) is 3.93. The van der Waals surface area contributed by atoms with Crippen LogP contribution in [0, 0.1) is 5.92 Å². The van der Waals surface area contributed by atoms with Crippen LogP contribution >= 0.6 is 0 Å². The third kappa shape index (κ3) is 5.30. The summed E-state index contributed by atoms with van der Waals surface area (Å²) in [5.74, 6) is 0.202. The summed E-state index contributed by atoms with van der Waals surface area (Å²) in [5, 5.41) is 12.2. The first kappa shape index (κ1) is 15.5. The lowest BCUT2D eigenvalue weighted by atomic mass is 10.0. The van der Waals surface area contributed by atoms with Crippen LogP contribution in [0.4, 0.5) is 5.69 Å². The Hall–Kier alpha value is -1.55. The minimum Gasteiger partial charge on any atom is -0.393 e. The summed E-state index contributed by atoms with van der Waals surface area (Å²) in [6, 6.07) is 7.50. The van der Waals surface area contributed by atoms with Gasteiger partial charge < -0.3 is 15.3 Å². The second-order valence-corrected chi connectivity index (χ2v) is 5.34. The molecule has 19 heavy (non-hydrogen) atoms. The number of aliphatic hydroxyl groups is 1. The number of hydrogen-bond acceptors (Lipinski definition) is 3. The van der Waals surface area contributed by atoms with Crippen LogP contribution in [0.15, 0.2) is 24.3 Å². The van der Waals surface area contributed by atoms with Crippen molar-refractivity contribution in [2.75, 3.05) is 25.5 Å². The number of rotatable bonds is 6. The molecule has 4 heteroatoms. The van der Waals surface area contributed by atoms with Gasteiger partial charge in [0.05, 0.1) is 6.10 Å².